The smallest absolute Gasteiger partial charge is 0.219 e. The standard InChI is InChI=1S/C18H35NO/c1-4-6-7-8-9-12-18(3)13-10-11-16(14-18)15-19-17(20)5-2/h16H,4-15H2,1-3H3,(H,19,20)/t16?,18-/m1/s1. The van der Waals surface area contributed by atoms with E-state index in [1.807, 2.05) is 6.92 Å². The van der Waals surface area contributed by atoms with Gasteiger partial charge in [-0.1, -0.05) is 59.3 Å². The molecule has 1 aliphatic rings. The van der Waals surface area contributed by atoms with Crippen LogP contribution in [-0.4, -0.2) is 12.5 Å². The first-order valence-electron chi connectivity index (χ1n) is 8.86. The number of nitrogens with one attached hydrogen (secondary N) is 1. The van der Waals surface area contributed by atoms with Crippen LogP contribution in [0.4, 0.5) is 0 Å². The maximum absolute atomic E-state index is 11.4. The van der Waals surface area contributed by atoms with E-state index in [-0.39, 0.29) is 5.91 Å². The largest absolute Gasteiger partial charge is 0.356 e. The van der Waals surface area contributed by atoms with Crippen molar-refractivity contribution in [2.24, 2.45) is 11.3 Å². The highest BCUT2D eigenvalue weighted by Crippen LogP contribution is 2.42. The highest BCUT2D eigenvalue weighted by Gasteiger charge is 2.31. The van der Waals surface area contributed by atoms with Crippen molar-refractivity contribution in [3.8, 4) is 0 Å². The predicted octanol–water partition coefficient (Wildman–Crippen LogP) is 5.07. The number of carbonyl (C=O) groups is 1. The fourth-order valence-electron chi connectivity index (χ4n) is 3.66. The molecule has 1 saturated carbocycles. The monoisotopic (exact) mass is 281 g/mol. The lowest BCUT2D eigenvalue weighted by Gasteiger charge is -2.38. The van der Waals surface area contributed by atoms with E-state index in [0.29, 0.717) is 17.8 Å². The van der Waals surface area contributed by atoms with Crippen molar-refractivity contribution in [3.63, 3.8) is 0 Å². The summed E-state index contributed by atoms with van der Waals surface area (Å²) >= 11 is 0. The third-order valence-corrected chi connectivity index (χ3v) is 4.97. The molecule has 2 heteroatoms. The highest BCUT2D eigenvalue weighted by atomic mass is 16.1. The van der Waals surface area contributed by atoms with E-state index in [1.165, 1.54) is 64.2 Å². The van der Waals surface area contributed by atoms with Gasteiger partial charge in [0.15, 0.2) is 0 Å². The normalized spacial score (nSPS) is 26.4. The molecule has 0 bridgehead atoms. The summed E-state index contributed by atoms with van der Waals surface area (Å²) in [4.78, 5) is 11.4. The molecule has 2 atom stereocenters. The van der Waals surface area contributed by atoms with Gasteiger partial charge < -0.3 is 5.32 Å². The molecule has 1 rings (SSSR count). The molecular weight excluding hydrogens is 246 g/mol. The Balaban J connectivity index is 2.25. The van der Waals surface area contributed by atoms with Gasteiger partial charge in [0, 0.05) is 13.0 Å². The Labute approximate surface area is 126 Å². The summed E-state index contributed by atoms with van der Waals surface area (Å²) in [5.41, 5.74) is 0.534. The van der Waals surface area contributed by atoms with E-state index in [4.69, 9.17) is 0 Å². The fourth-order valence-corrected chi connectivity index (χ4v) is 3.66. The van der Waals surface area contributed by atoms with Gasteiger partial charge in [-0.05, 0) is 37.0 Å². The number of hydrogen-bond acceptors (Lipinski definition) is 1. The minimum atomic E-state index is 0.205. The fraction of sp³-hybridized carbons (Fsp3) is 0.944. The van der Waals surface area contributed by atoms with Crippen LogP contribution >= 0.6 is 0 Å². The van der Waals surface area contributed by atoms with Crippen LogP contribution in [0.1, 0.15) is 91.4 Å². The summed E-state index contributed by atoms with van der Waals surface area (Å²) in [5.74, 6) is 0.914. The van der Waals surface area contributed by atoms with Crippen LogP contribution in [0.5, 0.6) is 0 Å². The van der Waals surface area contributed by atoms with Crippen LogP contribution in [0, 0.1) is 11.3 Å². The van der Waals surface area contributed by atoms with Crippen LogP contribution in [0.2, 0.25) is 0 Å². The van der Waals surface area contributed by atoms with Crippen molar-refractivity contribution in [2.75, 3.05) is 6.54 Å². The van der Waals surface area contributed by atoms with Gasteiger partial charge >= 0.3 is 0 Å². The number of rotatable bonds is 9. The zero-order valence-electron chi connectivity index (χ0n) is 14.0. The molecule has 1 amide bonds. The Bertz CT molecular complexity index is 277. The molecule has 0 aliphatic heterocycles. The summed E-state index contributed by atoms with van der Waals surface area (Å²) in [7, 11) is 0. The number of unbranched alkanes of at least 4 members (excludes halogenated alkanes) is 4. The molecule has 0 saturated heterocycles. The van der Waals surface area contributed by atoms with E-state index in [1.54, 1.807) is 0 Å². The number of carbonyl (C=O) groups excluding carboxylic acids is 1. The van der Waals surface area contributed by atoms with Crippen LogP contribution in [0.25, 0.3) is 0 Å². The van der Waals surface area contributed by atoms with Gasteiger partial charge in [0.2, 0.25) is 5.91 Å². The molecule has 0 aromatic heterocycles. The van der Waals surface area contributed by atoms with E-state index < -0.39 is 0 Å². The predicted molar refractivity (Wildman–Crippen MR) is 86.7 cm³/mol. The van der Waals surface area contributed by atoms with Gasteiger partial charge in [0.05, 0.1) is 0 Å². The molecule has 2 nitrogen and oxygen atoms in total. The number of hydrogen-bond donors (Lipinski definition) is 1. The Morgan fingerprint density at radius 3 is 2.65 bits per heavy atom. The summed E-state index contributed by atoms with van der Waals surface area (Å²) in [6, 6.07) is 0. The maximum Gasteiger partial charge on any atom is 0.219 e. The molecule has 0 aromatic carbocycles. The van der Waals surface area contributed by atoms with Gasteiger partial charge in [-0.3, -0.25) is 4.79 Å². The van der Waals surface area contributed by atoms with Crippen molar-refractivity contribution in [1.29, 1.82) is 0 Å². The molecule has 1 N–H and O–H groups in total. The lowest BCUT2D eigenvalue weighted by atomic mass is 9.68. The molecule has 0 radical (unpaired) electrons. The second-order valence-electron chi connectivity index (χ2n) is 7.09. The first kappa shape index (κ1) is 17.5. The van der Waals surface area contributed by atoms with E-state index in [0.717, 1.165) is 6.54 Å². The van der Waals surface area contributed by atoms with Crippen LogP contribution in [-0.2, 0) is 4.79 Å². The van der Waals surface area contributed by atoms with Gasteiger partial charge in [0.1, 0.15) is 0 Å². The second kappa shape index (κ2) is 9.41. The van der Waals surface area contributed by atoms with Gasteiger partial charge in [0.25, 0.3) is 0 Å². The van der Waals surface area contributed by atoms with Crippen LogP contribution in [0.3, 0.4) is 0 Å². The third kappa shape index (κ3) is 6.76. The summed E-state index contributed by atoms with van der Waals surface area (Å²) in [6.45, 7) is 7.58. The minimum absolute atomic E-state index is 0.205. The van der Waals surface area contributed by atoms with Crippen molar-refractivity contribution < 1.29 is 4.79 Å². The van der Waals surface area contributed by atoms with Crippen LogP contribution < -0.4 is 5.32 Å². The SMILES string of the molecule is CCCCCCC[C@]1(C)CCCC(CNC(=O)CC)C1. The molecule has 0 heterocycles. The van der Waals surface area contributed by atoms with Crippen molar-refractivity contribution in [3.05, 3.63) is 0 Å². The molecule has 118 valence electrons. The first-order valence-corrected chi connectivity index (χ1v) is 8.86. The summed E-state index contributed by atoms with van der Waals surface area (Å²) in [6.07, 6.45) is 14.3. The summed E-state index contributed by atoms with van der Waals surface area (Å²) < 4.78 is 0. The molecule has 1 aliphatic carbocycles. The van der Waals surface area contributed by atoms with E-state index in [9.17, 15) is 4.79 Å². The molecular formula is C18H35NO. The van der Waals surface area contributed by atoms with Gasteiger partial charge in [-0.15, -0.1) is 0 Å². The van der Waals surface area contributed by atoms with Crippen LogP contribution in [0.15, 0.2) is 0 Å². The van der Waals surface area contributed by atoms with E-state index in [2.05, 4.69) is 19.2 Å². The topological polar surface area (TPSA) is 29.1 Å². The van der Waals surface area contributed by atoms with Gasteiger partial charge in [-0.25, -0.2) is 0 Å². The maximum atomic E-state index is 11.4. The zero-order valence-corrected chi connectivity index (χ0v) is 14.0. The van der Waals surface area contributed by atoms with Crippen molar-refractivity contribution in [2.45, 2.75) is 91.4 Å². The van der Waals surface area contributed by atoms with Crippen molar-refractivity contribution >= 4 is 5.91 Å². The van der Waals surface area contributed by atoms with E-state index >= 15 is 0 Å². The first-order chi connectivity index (χ1) is 9.59. The lowest BCUT2D eigenvalue weighted by Crippen LogP contribution is -2.34. The van der Waals surface area contributed by atoms with Gasteiger partial charge in [-0.2, -0.15) is 0 Å². The summed E-state index contributed by atoms with van der Waals surface area (Å²) in [5, 5.41) is 3.08. The lowest BCUT2D eigenvalue weighted by molar-refractivity contribution is -0.121. The Morgan fingerprint density at radius 1 is 1.20 bits per heavy atom. The highest BCUT2D eigenvalue weighted by molar-refractivity contribution is 5.75. The van der Waals surface area contributed by atoms with Crippen molar-refractivity contribution in [1.82, 2.24) is 5.32 Å². The average Bonchev–Trinajstić information content (AvgIpc) is 2.44. The molecule has 1 fully saturated rings. The minimum Gasteiger partial charge on any atom is -0.356 e. The number of amides is 1. The molecule has 0 aromatic rings. The Morgan fingerprint density at radius 2 is 1.95 bits per heavy atom. The quantitative estimate of drug-likeness (QED) is 0.587. The Kier molecular flexibility index (Phi) is 8.25. The Hall–Kier alpha value is -0.530. The second-order valence-corrected chi connectivity index (χ2v) is 7.09. The molecule has 0 spiro atoms. The molecule has 1 unspecified atom stereocenters. The molecule has 20 heavy (non-hydrogen) atoms. The third-order valence-electron chi connectivity index (χ3n) is 4.97. The average molecular weight is 281 g/mol. The zero-order chi connectivity index (χ0) is 14.8.